The number of fused-ring (bicyclic) bond motifs is 1. The molecule has 0 bridgehead atoms. The highest BCUT2D eigenvalue weighted by Crippen LogP contribution is 2.28. The van der Waals surface area contributed by atoms with Crippen LogP contribution in [0.3, 0.4) is 0 Å². The summed E-state index contributed by atoms with van der Waals surface area (Å²) in [5.41, 5.74) is 4.20. The van der Waals surface area contributed by atoms with Crippen molar-refractivity contribution in [1.29, 1.82) is 0 Å². The van der Waals surface area contributed by atoms with Gasteiger partial charge in [0.25, 0.3) is 0 Å². The molecule has 0 aliphatic rings. The SMILES string of the molecule is CCN(CC)CCCNc1nc(-c2ccc(-c3ccccc3)cc2)nc2cc(Cl)ccc12. The van der Waals surface area contributed by atoms with Crippen molar-refractivity contribution in [3.63, 3.8) is 0 Å². The second kappa shape index (κ2) is 10.6. The first-order valence-corrected chi connectivity index (χ1v) is 11.6. The summed E-state index contributed by atoms with van der Waals surface area (Å²) in [5, 5.41) is 5.20. The van der Waals surface area contributed by atoms with Crippen molar-refractivity contribution in [3.8, 4) is 22.5 Å². The standard InChI is InChI=1S/C27H29ClN4/c1-3-32(4-2)18-8-17-29-27-24-16-15-23(28)19-25(24)30-26(31-27)22-13-11-21(12-14-22)20-9-6-5-7-10-20/h5-7,9-16,19H,3-4,8,17-18H2,1-2H3,(H,29,30,31). The van der Waals surface area contributed by atoms with Crippen LogP contribution in [-0.2, 0) is 0 Å². The van der Waals surface area contributed by atoms with Crippen molar-refractivity contribution >= 4 is 28.3 Å². The van der Waals surface area contributed by atoms with Gasteiger partial charge < -0.3 is 10.2 Å². The van der Waals surface area contributed by atoms with E-state index in [2.05, 4.69) is 72.6 Å². The third-order valence-corrected chi connectivity index (χ3v) is 5.98. The van der Waals surface area contributed by atoms with E-state index in [-0.39, 0.29) is 0 Å². The van der Waals surface area contributed by atoms with Gasteiger partial charge in [-0.05, 0) is 55.4 Å². The van der Waals surface area contributed by atoms with Crippen molar-refractivity contribution in [1.82, 2.24) is 14.9 Å². The third-order valence-electron chi connectivity index (χ3n) is 5.75. The second-order valence-electron chi connectivity index (χ2n) is 7.81. The normalized spacial score (nSPS) is 11.2. The summed E-state index contributed by atoms with van der Waals surface area (Å²) in [6, 6.07) is 24.6. The van der Waals surface area contributed by atoms with E-state index in [9.17, 15) is 0 Å². The molecule has 4 rings (SSSR count). The van der Waals surface area contributed by atoms with Crippen LogP contribution in [0.4, 0.5) is 5.82 Å². The summed E-state index contributed by atoms with van der Waals surface area (Å²) in [6.45, 7) is 8.49. The smallest absolute Gasteiger partial charge is 0.162 e. The second-order valence-corrected chi connectivity index (χ2v) is 8.24. The number of benzene rings is 3. The molecule has 164 valence electrons. The van der Waals surface area contributed by atoms with Gasteiger partial charge in [0, 0.05) is 22.5 Å². The minimum absolute atomic E-state index is 0.675. The fourth-order valence-corrected chi connectivity index (χ4v) is 4.02. The molecular weight excluding hydrogens is 416 g/mol. The van der Waals surface area contributed by atoms with E-state index in [1.807, 2.05) is 24.3 Å². The summed E-state index contributed by atoms with van der Waals surface area (Å²) in [6.07, 6.45) is 1.06. The molecule has 0 radical (unpaired) electrons. The van der Waals surface area contributed by atoms with Crippen LogP contribution in [-0.4, -0.2) is 41.0 Å². The Labute approximate surface area is 195 Å². The maximum absolute atomic E-state index is 6.27. The van der Waals surface area contributed by atoms with Crippen LogP contribution in [0.5, 0.6) is 0 Å². The van der Waals surface area contributed by atoms with Gasteiger partial charge in [-0.15, -0.1) is 0 Å². The lowest BCUT2D eigenvalue weighted by molar-refractivity contribution is 0.303. The number of nitrogens with one attached hydrogen (secondary N) is 1. The predicted molar refractivity (Wildman–Crippen MR) is 136 cm³/mol. The number of rotatable bonds is 9. The van der Waals surface area contributed by atoms with Crippen LogP contribution in [0, 0.1) is 0 Å². The molecule has 5 heteroatoms. The van der Waals surface area contributed by atoms with E-state index in [0.717, 1.165) is 54.9 Å². The number of halogens is 1. The van der Waals surface area contributed by atoms with Crippen molar-refractivity contribution < 1.29 is 0 Å². The molecule has 0 spiro atoms. The molecule has 0 atom stereocenters. The first kappa shape index (κ1) is 22.3. The lowest BCUT2D eigenvalue weighted by Gasteiger charge is -2.18. The van der Waals surface area contributed by atoms with Crippen LogP contribution in [0.1, 0.15) is 20.3 Å². The predicted octanol–water partition coefficient (Wildman–Crippen LogP) is 6.76. The van der Waals surface area contributed by atoms with Gasteiger partial charge in [0.15, 0.2) is 5.82 Å². The largest absolute Gasteiger partial charge is 0.369 e. The number of hydrogen-bond donors (Lipinski definition) is 1. The van der Waals surface area contributed by atoms with Crippen molar-refractivity contribution in [2.24, 2.45) is 0 Å². The Morgan fingerprint density at radius 3 is 2.22 bits per heavy atom. The molecule has 4 nitrogen and oxygen atoms in total. The quantitative estimate of drug-likeness (QED) is 0.289. The van der Waals surface area contributed by atoms with E-state index in [0.29, 0.717) is 10.8 Å². The van der Waals surface area contributed by atoms with Gasteiger partial charge in [0.2, 0.25) is 0 Å². The van der Waals surface area contributed by atoms with Gasteiger partial charge in [-0.25, -0.2) is 9.97 Å². The summed E-state index contributed by atoms with van der Waals surface area (Å²) in [4.78, 5) is 12.1. The Kier molecular flexibility index (Phi) is 7.35. The first-order valence-electron chi connectivity index (χ1n) is 11.3. The topological polar surface area (TPSA) is 41.0 Å². The fourth-order valence-electron chi connectivity index (χ4n) is 3.86. The Balaban J connectivity index is 1.60. The zero-order valence-electron chi connectivity index (χ0n) is 18.7. The Morgan fingerprint density at radius 1 is 0.812 bits per heavy atom. The van der Waals surface area contributed by atoms with Gasteiger partial charge in [-0.3, -0.25) is 0 Å². The van der Waals surface area contributed by atoms with E-state index in [1.165, 1.54) is 11.1 Å². The maximum Gasteiger partial charge on any atom is 0.162 e. The molecule has 3 aromatic carbocycles. The molecule has 1 N–H and O–H groups in total. The van der Waals surface area contributed by atoms with Crippen LogP contribution >= 0.6 is 11.6 Å². The molecule has 0 aliphatic carbocycles. The molecule has 0 fully saturated rings. The highest BCUT2D eigenvalue weighted by Gasteiger charge is 2.11. The zero-order chi connectivity index (χ0) is 22.3. The van der Waals surface area contributed by atoms with Crippen LogP contribution in [0.25, 0.3) is 33.4 Å². The molecule has 0 aliphatic heterocycles. The third kappa shape index (κ3) is 5.26. The lowest BCUT2D eigenvalue weighted by Crippen LogP contribution is -2.25. The van der Waals surface area contributed by atoms with Crippen LogP contribution in [0.15, 0.2) is 72.8 Å². The Bertz CT molecular complexity index is 1160. The van der Waals surface area contributed by atoms with E-state index >= 15 is 0 Å². The molecule has 0 saturated heterocycles. The van der Waals surface area contributed by atoms with Crippen molar-refractivity contribution in [2.45, 2.75) is 20.3 Å². The molecule has 32 heavy (non-hydrogen) atoms. The monoisotopic (exact) mass is 444 g/mol. The average Bonchev–Trinajstić information content (AvgIpc) is 2.84. The molecule has 1 heterocycles. The molecule has 0 saturated carbocycles. The van der Waals surface area contributed by atoms with E-state index < -0.39 is 0 Å². The molecular formula is C27H29ClN4. The van der Waals surface area contributed by atoms with Crippen LogP contribution < -0.4 is 5.32 Å². The molecule has 0 unspecified atom stereocenters. The average molecular weight is 445 g/mol. The van der Waals surface area contributed by atoms with Crippen LogP contribution in [0.2, 0.25) is 5.02 Å². The van der Waals surface area contributed by atoms with Gasteiger partial charge in [0.1, 0.15) is 5.82 Å². The molecule has 4 aromatic rings. The maximum atomic E-state index is 6.27. The Hall–Kier alpha value is -2.95. The summed E-state index contributed by atoms with van der Waals surface area (Å²) in [5.74, 6) is 1.55. The summed E-state index contributed by atoms with van der Waals surface area (Å²) >= 11 is 6.27. The minimum atomic E-state index is 0.675. The van der Waals surface area contributed by atoms with Gasteiger partial charge in [-0.2, -0.15) is 0 Å². The highest BCUT2D eigenvalue weighted by atomic mass is 35.5. The van der Waals surface area contributed by atoms with Crippen molar-refractivity contribution in [2.75, 3.05) is 31.5 Å². The number of nitrogens with zero attached hydrogens (tertiary/aromatic N) is 3. The van der Waals surface area contributed by atoms with E-state index in [1.54, 1.807) is 0 Å². The molecule has 1 aromatic heterocycles. The number of aromatic nitrogens is 2. The molecule has 0 amide bonds. The van der Waals surface area contributed by atoms with Gasteiger partial charge >= 0.3 is 0 Å². The Morgan fingerprint density at radius 2 is 1.50 bits per heavy atom. The number of anilines is 1. The van der Waals surface area contributed by atoms with Gasteiger partial charge in [-0.1, -0.05) is 80.0 Å². The van der Waals surface area contributed by atoms with Gasteiger partial charge in [0.05, 0.1) is 5.52 Å². The van der Waals surface area contributed by atoms with Crippen molar-refractivity contribution in [3.05, 3.63) is 77.8 Å². The summed E-state index contributed by atoms with van der Waals surface area (Å²) in [7, 11) is 0. The van der Waals surface area contributed by atoms with E-state index in [4.69, 9.17) is 21.6 Å². The zero-order valence-corrected chi connectivity index (χ0v) is 19.4. The lowest BCUT2D eigenvalue weighted by atomic mass is 10.0. The summed E-state index contributed by atoms with van der Waals surface area (Å²) < 4.78 is 0. The first-order chi connectivity index (χ1) is 15.7. The highest BCUT2D eigenvalue weighted by molar-refractivity contribution is 6.31. The number of hydrogen-bond acceptors (Lipinski definition) is 4. The fraction of sp³-hybridized carbons (Fsp3) is 0.259. The minimum Gasteiger partial charge on any atom is -0.369 e.